The summed E-state index contributed by atoms with van der Waals surface area (Å²) in [5, 5.41) is 13.2. The third-order valence-electron chi connectivity index (χ3n) is 5.14. The summed E-state index contributed by atoms with van der Waals surface area (Å²) in [6.45, 7) is 2.80. The molecule has 2 atom stereocenters. The molecule has 2 N–H and O–H groups in total. The summed E-state index contributed by atoms with van der Waals surface area (Å²) in [7, 11) is 0. The first-order valence-corrected chi connectivity index (χ1v) is 9.50. The molecule has 138 valence electrons. The molecule has 1 saturated heterocycles. The van der Waals surface area contributed by atoms with Crippen LogP contribution in [0.5, 0.6) is 0 Å². The third kappa shape index (κ3) is 5.68. The van der Waals surface area contributed by atoms with Crippen molar-refractivity contribution in [3.05, 3.63) is 66.2 Å². The van der Waals surface area contributed by atoms with E-state index in [0.29, 0.717) is 6.42 Å². The Morgan fingerprint density at radius 3 is 2.50 bits per heavy atom. The predicted octanol–water partition coefficient (Wildman–Crippen LogP) is 3.33. The molecule has 0 bridgehead atoms. The minimum atomic E-state index is -0.299. The molecule has 0 radical (unpaired) electrons. The highest BCUT2D eigenvalue weighted by atomic mass is 16.3. The average Bonchev–Trinajstić information content (AvgIpc) is 2.68. The molecule has 3 rings (SSSR count). The van der Waals surface area contributed by atoms with E-state index in [2.05, 4.69) is 34.5 Å². The van der Waals surface area contributed by atoms with Crippen LogP contribution in [0.4, 0.5) is 5.69 Å². The van der Waals surface area contributed by atoms with Crippen molar-refractivity contribution in [3.63, 3.8) is 0 Å². The number of benzene rings is 2. The number of aliphatic hydroxyl groups is 1. The quantitative estimate of drug-likeness (QED) is 0.804. The maximum absolute atomic E-state index is 12.1. The summed E-state index contributed by atoms with van der Waals surface area (Å²) < 4.78 is 0. The van der Waals surface area contributed by atoms with E-state index in [1.807, 2.05) is 36.4 Å². The van der Waals surface area contributed by atoms with E-state index in [1.54, 1.807) is 0 Å². The maximum Gasteiger partial charge on any atom is 0.224 e. The Hall–Kier alpha value is -2.17. The van der Waals surface area contributed by atoms with E-state index < -0.39 is 0 Å². The molecule has 1 heterocycles. The number of likely N-dealkylation sites (tertiary alicyclic amines) is 1. The van der Waals surface area contributed by atoms with Crippen LogP contribution in [-0.4, -0.2) is 41.7 Å². The van der Waals surface area contributed by atoms with Crippen LogP contribution < -0.4 is 5.32 Å². The monoisotopic (exact) mass is 352 g/mol. The summed E-state index contributed by atoms with van der Waals surface area (Å²) in [4.78, 5) is 14.6. The SMILES string of the molecule is O=C(CC[C@H]1CN(CCc2ccccc2)CC[C@@H]1O)Nc1ccccc1. The lowest BCUT2D eigenvalue weighted by Gasteiger charge is -2.36. The Kier molecular flexibility index (Phi) is 6.81. The molecular weight excluding hydrogens is 324 g/mol. The van der Waals surface area contributed by atoms with E-state index in [1.165, 1.54) is 5.56 Å². The first kappa shape index (κ1) is 18.6. The van der Waals surface area contributed by atoms with Crippen molar-refractivity contribution in [2.75, 3.05) is 25.0 Å². The second kappa shape index (κ2) is 9.51. The van der Waals surface area contributed by atoms with Crippen molar-refractivity contribution >= 4 is 11.6 Å². The fourth-order valence-electron chi connectivity index (χ4n) is 3.58. The molecule has 0 spiro atoms. The Labute approximate surface area is 155 Å². The number of hydrogen-bond acceptors (Lipinski definition) is 3. The summed E-state index contributed by atoms with van der Waals surface area (Å²) in [5.41, 5.74) is 2.17. The van der Waals surface area contributed by atoms with E-state index in [4.69, 9.17) is 0 Å². The number of piperidine rings is 1. The normalized spacial score (nSPS) is 20.7. The van der Waals surface area contributed by atoms with Gasteiger partial charge in [0.2, 0.25) is 5.91 Å². The van der Waals surface area contributed by atoms with E-state index in [0.717, 1.165) is 44.6 Å². The van der Waals surface area contributed by atoms with Gasteiger partial charge in [0.25, 0.3) is 0 Å². The van der Waals surface area contributed by atoms with Gasteiger partial charge in [-0.15, -0.1) is 0 Å². The summed E-state index contributed by atoms with van der Waals surface area (Å²) in [6, 6.07) is 20.0. The van der Waals surface area contributed by atoms with Gasteiger partial charge in [-0.05, 0) is 42.9 Å². The lowest BCUT2D eigenvalue weighted by molar-refractivity contribution is -0.116. The molecule has 26 heavy (non-hydrogen) atoms. The average molecular weight is 352 g/mol. The van der Waals surface area contributed by atoms with Gasteiger partial charge in [0.05, 0.1) is 6.10 Å². The number of carbonyl (C=O) groups excluding carboxylic acids is 1. The number of nitrogens with zero attached hydrogens (tertiary/aromatic N) is 1. The smallest absolute Gasteiger partial charge is 0.224 e. The molecule has 0 aromatic heterocycles. The summed E-state index contributed by atoms with van der Waals surface area (Å²) >= 11 is 0. The topological polar surface area (TPSA) is 52.6 Å². The van der Waals surface area contributed by atoms with Gasteiger partial charge in [0.15, 0.2) is 0 Å². The predicted molar refractivity (Wildman–Crippen MR) is 105 cm³/mol. The number of nitrogens with one attached hydrogen (secondary N) is 1. The number of carbonyl (C=O) groups is 1. The molecule has 1 aliphatic heterocycles. The Bertz CT molecular complexity index is 675. The summed E-state index contributed by atoms with van der Waals surface area (Å²) in [5.74, 6) is 0.186. The Morgan fingerprint density at radius 1 is 1.08 bits per heavy atom. The number of para-hydroxylation sites is 1. The van der Waals surface area contributed by atoms with Crippen molar-refractivity contribution in [3.8, 4) is 0 Å². The molecule has 1 aliphatic rings. The molecular formula is C22H28N2O2. The van der Waals surface area contributed by atoms with Crippen LogP contribution in [0.15, 0.2) is 60.7 Å². The van der Waals surface area contributed by atoms with E-state index in [9.17, 15) is 9.90 Å². The van der Waals surface area contributed by atoms with Crippen LogP contribution >= 0.6 is 0 Å². The summed E-state index contributed by atoms with van der Waals surface area (Å²) in [6.07, 6.45) is 2.69. The van der Waals surface area contributed by atoms with Gasteiger partial charge in [0.1, 0.15) is 0 Å². The van der Waals surface area contributed by atoms with Gasteiger partial charge >= 0.3 is 0 Å². The van der Waals surface area contributed by atoms with Crippen molar-refractivity contribution < 1.29 is 9.90 Å². The second-order valence-electron chi connectivity index (χ2n) is 7.11. The van der Waals surface area contributed by atoms with Crippen molar-refractivity contribution in [1.82, 2.24) is 4.90 Å². The number of aliphatic hydroxyl groups excluding tert-OH is 1. The molecule has 4 nitrogen and oxygen atoms in total. The van der Waals surface area contributed by atoms with Crippen LogP contribution in [0.2, 0.25) is 0 Å². The van der Waals surface area contributed by atoms with Crippen molar-refractivity contribution in [1.29, 1.82) is 0 Å². The molecule has 1 amide bonds. The van der Waals surface area contributed by atoms with E-state index >= 15 is 0 Å². The van der Waals surface area contributed by atoms with Gasteiger partial charge in [-0.2, -0.15) is 0 Å². The largest absolute Gasteiger partial charge is 0.393 e. The first-order valence-electron chi connectivity index (χ1n) is 9.50. The molecule has 0 saturated carbocycles. The molecule has 1 fully saturated rings. The number of amides is 1. The molecule has 0 aliphatic carbocycles. The number of rotatable bonds is 7. The number of anilines is 1. The fraction of sp³-hybridized carbons (Fsp3) is 0.409. The van der Waals surface area contributed by atoms with Crippen LogP contribution in [0.25, 0.3) is 0 Å². The van der Waals surface area contributed by atoms with Gasteiger partial charge in [-0.1, -0.05) is 48.5 Å². The first-order chi connectivity index (χ1) is 12.7. The number of hydrogen-bond donors (Lipinski definition) is 2. The van der Waals surface area contributed by atoms with Gasteiger partial charge < -0.3 is 15.3 Å². The molecule has 4 heteroatoms. The fourth-order valence-corrected chi connectivity index (χ4v) is 3.58. The Balaban J connectivity index is 1.43. The highest BCUT2D eigenvalue weighted by molar-refractivity contribution is 5.90. The van der Waals surface area contributed by atoms with Crippen LogP contribution in [0.1, 0.15) is 24.8 Å². The molecule has 2 aromatic rings. The molecule has 2 aromatic carbocycles. The van der Waals surface area contributed by atoms with Crippen molar-refractivity contribution in [2.45, 2.75) is 31.8 Å². The third-order valence-corrected chi connectivity index (χ3v) is 5.14. The zero-order valence-corrected chi connectivity index (χ0v) is 15.2. The van der Waals surface area contributed by atoms with Gasteiger partial charge in [-0.3, -0.25) is 4.79 Å². The van der Waals surface area contributed by atoms with Gasteiger partial charge in [-0.25, -0.2) is 0 Å². The minimum absolute atomic E-state index is 0.0183. The van der Waals surface area contributed by atoms with Crippen LogP contribution in [-0.2, 0) is 11.2 Å². The minimum Gasteiger partial charge on any atom is -0.393 e. The van der Waals surface area contributed by atoms with Crippen molar-refractivity contribution in [2.24, 2.45) is 5.92 Å². The zero-order chi connectivity index (χ0) is 18.2. The van der Waals surface area contributed by atoms with Crippen LogP contribution in [0, 0.1) is 5.92 Å². The standard InChI is InChI=1S/C22H28N2O2/c25-21-14-16-24(15-13-18-7-3-1-4-8-18)17-19(21)11-12-22(26)23-20-9-5-2-6-10-20/h1-10,19,21,25H,11-17H2,(H,23,26)/t19-,21-/m0/s1. The highest BCUT2D eigenvalue weighted by Crippen LogP contribution is 2.22. The van der Waals surface area contributed by atoms with Gasteiger partial charge in [0, 0.05) is 31.7 Å². The van der Waals surface area contributed by atoms with Crippen LogP contribution in [0.3, 0.4) is 0 Å². The maximum atomic E-state index is 12.1. The highest BCUT2D eigenvalue weighted by Gasteiger charge is 2.27. The lowest BCUT2D eigenvalue weighted by atomic mass is 9.90. The Morgan fingerprint density at radius 2 is 1.77 bits per heavy atom. The lowest BCUT2D eigenvalue weighted by Crippen LogP contribution is -2.44. The second-order valence-corrected chi connectivity index (χ2v) is 7.11. The zero-order valence-electron chi connectivity index (χ0n) is 15.2. The van der Waals surface area contributed by atoms with E-state index in [-0.39, 0.29) is 17.9 Å². The molecule has 0 unspecified atom stereocenters.